The molecule has 0 saturated carbocycles. The van der Waals surface area contributed by atoms with Gasteiger partial charge in [-0.2, -0.15) is 5.06 Å². The Morgan fingerprint density at radius 2 is 2.07 bits per heavy atom. The fourth-order valence-corrected chi connectivity index (χ4v) is 4.64. The van der Waals surface area contributed by atoms with Crippen molar-refractivity contribution in [2.45, 2.75) is 18.5 Å². The van der Waals surface area contributed by atoms with Crippen molar-refractivity contribution in [3.63, 3.8) is 0 Å². The van der Waals surface area contributed by atoms with Crippen LogP contribution in [0, 0.1) is 0 Å². The number of hydrogen-bond donors (Lipinski definition) is 3. The van der Waals surface area contributed by atoms with E-state index in [2.05, 4.69) is 10.3 Å². The highest BCUT2D eigenvalue weighted by atomic mass is 32.1. The van der Waals surface area contributed by atoms with E-state index < -0.39 is 24.1 Å². The highest BCUT2D eigenvalue weighted by Crippen LogP contribution is 2.46. The smallest absolute Gasteiger partial charge is 0.345 e. The monoisotopic (exact) mass is 388 g/mol. The molecule has 2 atom stereocenters. The van der Waals surface area contributed by atoms with Crippen LogP contribution in [0.3, 0.4) is 0 Å². The molecule has 2 bridgehead atoms. The molecule has 0 radical (unpaired) electrons. The van der Waals surface area contributed by atoms with Gasteiger partial charge in [-0.1, -0.05) is 0 Å². The number of carbonyl (C=O) groups is 3. The van der Waals surface area contributed by atoms with E-state index in [1.54, 1.807) is 18.5 Å². The highest BCUT2D eigenvalue weighted by Gasteiger charge is 2.51. The van der Waals surface area contributed by atoms with Gasteiger partial charge in [0.25, 0.3) is 5.91 Å². The van der Waals surface area contributed by atoms with Crippen molar-refractivity contribution in [1.82, 2.24) is 20.3 Å². The number of urea groups is 1. The van der Waals surface area contributed by atoms with Crippen molar-refractivity contribution in [2.75, 3.05) is 13.1 Å². The van der Waals surface area contributed by atoms with E-state index in [4.69, 9.17) is 0 Å². The molecule has 10 heteroatoms. The van der Waals surface area contributed by atoms with Gasteiger partial charge in [-0.3, -0.25) is 15.0 Å². The fraction of sp³-hybridized carbons (Fsp3) is 0.294. The molecule has 2 unspecified atom stereocenters. The number of pyridine rings is 1. The van der Waals surface area contributed by atoms with Gasteiger partial charge >= 0.3 is 12.0 Å². The van der Waals surface area contributed by atoms with Crippen LogP contribution in [-0.2, 0) is 11.2 Å². The normalized spacial score (nSPS) is 20.6. The lowest BCUT2D eigenvalue weighted by Gasteiger charge is -2.27. The Labute approximate surface area is 157 Å². The fourth-order valence-electron chi connectivity index (χ4n) is 3.40. The molecule has 0 aromatic carbocycles. The molecule has 1 saturated heterocycles. The Hall–Kier alpha value is -2.98. The first-order valence-electron chi connectivity index (χ1n) is 8.29. The first-order chi connectivity index (χ1) is 13.0. The lowest BCUT2D eigenvalue weighted by Crippen LogP contribution is -2.37. The molecule has 2 aromatic rings. The summed E-state index contributed by atoms with van der Waals surface area (Å²) in [5.41, 5.74) is 1.55. The summed E-state index contributed by atoms with van der Waals surface area (Å²) in [5, 5.41) is 22.9. The van der Waals surface area contributed by atoms with Gasteiger partial charge in [0, 0.05) is 23.8 Å². The minimum absolute atomic E-state index is 0.0825. The molecule has 4 rings (SSSR count). The second-order valence-corrected chi connectivity index (χ2v) is 7.41. The Morgan fingerprint density at radius 1 is 1.33 bits per heavy atom. The number of nitrogens with one attached hydrogen (secondary N) is 1. The number of carboxylic acid groups (broad SMARTS) is 1. The Kier molecular flexibility index (Phi) is 4.28. The van der Waals surface area contributed by atoms with Gasteiger partial charge in [-0.15, -0.1) is 11.3 Å². The highest BCUT2D eigenvalue weighted by molar-refractivity contribution is 7.14. The van der Waals surface area contributed by atoms with Gasteiger partial charge in [0.15, 0.2) is 6.04 Å². The number of fused-ring (bicyclic) bond motifs is 4. The second-order valence-electron chi connectivity index (χ2n) is 6.33. The summed E-state index contributed by atoms with van der Waals surface area (Å²) in [5.74, 6) is -1.50. The van der Waals surface area contributed by atoms with Crippen LogP contribution in [0.5, 0.6) is 0 Å². The molecule has 2 aromatic heterocycles. The molecule has 9 nitrogen and oxygen atoms in total. The minimum atomic E-state index is -1.19. The largest absolute Gasteiger partial charge is 0.479 e. The third-order valence-corrected chi connectivity index (χ3v) is 5.92. The van der Waals surface area contributed by atoms with Crippen molar-refractivity contribution in [1.29, 1.82) is 0 Å². The van der Waals surface area contributed by atoms with Crippen LogP contribution in [0.2, 0.25) is 0 Å². The van der Waals surface area contributed by atoms with Gasteiger partial charge < -0.3 is 15.3 Å². The maximum Gasteiger partial charge on any atom is 0.345 e. The number of hydrogen-bond acceptors (Lipinski definition) is 6. The average Bonchev–Trinajstić information content (AvgIpc) is 3.20. The van der Waals surface area contributed by atoms with Crippen LogP contribution in [0.15, 0.2) is 30.6 Å². The van der Waals surface area contributed by atoms with Crippen molar-refractivity contribution in [3.8, 4) is 0 Å². The summed E-state index contributed by atoms with van der Waals surface area (Å²) in [4.78, 5) is 42.0. The predicted octanol–water partition coefficient (Wildman–Crippen LogP) is 1.42. The zero-order valence-electron chi connectivity index (χ0n) is 14.0. The van der Waals surface area contributed by atoms with Crippen molar-refractivity contribution in [2.24, 2.45) is 0 Å². The van der Waals surface area contributed by atoms with E-state index in [-0.39, 0.29) is 12.5 Å². The predicted molar refractivity (Wildman–Crippen MR) is 93.4 cm³/mol. The Balaban J connectivity index is 1.52. The lowest BCUT2D eigenvalue weighted by molar-refractivity contribution is -0.142. The molecular weight excluding hydrogens is 372 g/mol. The third-order valence-electron chi connectivity index (χ3n) is 4.72. The minimum Gasteiger partial charge on any atom is -0.479 e. The van der Waals surface area contributed by atoms with E-state index >= 15 is 0 Å². The molecule has 1 fully saturated rings. The summed E-state index contributed by atoms with van der Waals surface area (Å²) in [6.45, 7) is 0.507. The molecule has 3 amide bonds. The number of carbonyl (C=O) groups excluding carboxylic acids is 2. The number of amides is 3. The topological polar surface area (TPSA) is 123 Å². The molecule has 0 spiro atoms. The van der Waals surface area contributed by atoms with Crippen LogP contribution >= 0.6 is 11.3 Å². The van der Waals surface area contributed by atoms with E-state index in [1.165, 1.54) is 0 Å². The van der Waals surface area contributed by atoms with Crippen molar-refractivity contribution >= 4 is 29.2 Å². The van der Waals surface area contributed by atoms with E-state index in [1.807, 2.05) is 12.1 Å². The summed E-state index contributed by atoms with van der Waals surface area (Å²) in [6, 6.07) is 2.72. The van der Waals surface area contributed by atoms with E-state index in [0.29, 0.717) is 33.3 Å². The number of aliphatic carboxylic acids is 1. The summed E-state index contributed by atoms with van der Waals surface area (Å²) < 4.78 is 0. The average molecular weight is 388 g/mol. The van der Waals surface area contributed by atoms with Gasteiger partial charge in [0.05, 0.1) is 11.4 Å². The molecular formula is C17H16N4O5S. The Morgan fingerprint density at radius 3 is 2.78 bits per heavy atom. The standard InChI is InChI=1S/C17H16N4O5S/c22-15(19-6-3-9-1-4-18-5-2-9)12-7-10-11-8-20(17(25)21(11)26)13(16(23)24)14(10)27-12/h1-2,4-5,7,11,13,26H,3,6,8H2,(H,19,22)(H,23,24). The van der Waals surface area contributed by atoms with Gasteiger partial charge in [0.2, 0.25) is 0 Å². The second kappa shape index (κ2) is 6.63. The van der Waals surface area contributed by atoms with Gasteiger partial charge in [-0.25, -0.2) is 9.59 Å². The number of thiophene rings is 1. The van der Waals surface area contributed by atoms with Crippen LogP contribution in [0.1, 0.15) is 37.8 Å². The molecule has 2 aliphatic heterocycles. The maximum atomic E-state index is 12.5. The van der Waals surface area contributed by atoms with Crippen LogP contribution in [0.25, 0.3) is 0 Å². The lowest BCUT2D eigenvalue weighted by atomic mass is 9.99. The zero-order valence-corrected chi connectivity index (χ0v) is 14.8. The molecule has 2 aliphatic rings. The summed E-state index contributed by atoms with van der Waals surface area (Å²) in [7, 11) is 0. The molecule has 140 valence electrons. The van der Waals surface area contributed by atoms with E-state index in [9.17, 15) is 24.7 Å². The number of rotatable bonds is 5. The first-order valence-corrected chi connectivity index (χ1v) is 9.11. The number of hydroxylamine groups is 2. The molecule has 27 heavy (non-hydrogen) atoms. The first kappa shape index (κ1) is 17.4. The van der Waals surface area contributed by atoms with Gasteiger partial charge in [-0.05, 0) is 35.7 Å². The van der Waals surface area contributed by atoms with Crippen LogP contribution in [-0.4, -0.2) is 56.3 Å². The van der Waals surface area contributed by atoms with Crippen LogP contribution in [0.4, 0.5) is 4.79 Å². The number of carboxylic acids is 1. The molecule has 3 N–H and O–H groups in total. The molecule has 4 heterocycles. The van der Waals surface area contributed by atoms with E-state index in [0.717, 1.165) is 21.8 Å². The summed E-state index contributed by atoms with van der Waals surface area (Å²) >= 11 is 1.04. The summed E-state index contributed by atoms with van der Waals surface area (Å²) in [6.07, 6.45) is 4.01. The Bertz CT molecular complexity index is 915. The number of nitrogens with zero attached hydrogens (tertiary/aromatic N) is 3. The SMILES string of the molecule is O=C(NCCc1ccncc1)c1cc2c(s1)C(C(=O)O)N1CC2N(O)C1=O. The maximum absolute atomic E-state index is 12.5. The van der Waals surface area contributed by atoms with Crippen molar-refractivity contribution < 1.29 is 24.7 Å². The third kappa shape index (κ3) is 2.92. The zero-order chi connectivity index (χ0) is 19.1. The van der Waals surface area contributed by atoms with Gasteiger partial charge in [0.1, 0.15) is 6.04 Å². The number of aromatic nitrogens is 1. The molecule has 0 aliphatic carbocycles. The quantitative estimate of drug-likeness (QED) is 0.666. The van der Waals surface area contributed by atoms with Crippen molar-refractivity contribution in [3.05, 3.63) is 51.5 Å². The van der Waals surface area contributed by atoms with Crippen LogP contribution < -0.4 is 5.32 Å².